The van der Waals surface area contributed by atoms with Crippen LogP contribution in [0.4, 0.5) is 24.7 Å². The first-order valence-corrected chi connectivity index (χ1v) is 10.0. The van der Waals surface area contributed by atoms with Gasteiger partial charge in [-0.25, -0.2) is 9.50 Å². The average molecular weight is 471 g/mol. The molecule has 1 aromatic carbocycles. The number of pyridine rings is 1. The highest BCUT2D eigenvalue weighted by atomic mass is 19.4. The number of nitrogens with one attached hydrogen (secondary N) is 1. The van der Waals surface area contributed by atoms with E-state index in [1.54, 1.807) is 18.2 Å². The van der Waals surface area contributed by atoms with Crippen LogP contribution in [0.3, 0.4) is 0 Å². The second-order valence-electron chi connectivity index (χ2n) is 7.65. The predicted molar refractivity (Wildman–Crippen MR) is 118 cm³/mol. The fourth-order valence-electron chi connectivity index (χ4n) is 3.23. The minimum absolute atomic E-state index is 0.190. The molecule has 0 saturated heterocycles. The number of amides is 1. The molecule has 9 nitrogen and oxygen atoms in total. The number of hydrogen-bond donors (Lipinski definition) is 2. The summed E-state index contributed by atoms with van der Waals surface area (Å²) < 4.78 is 46.2. The van der Waals surface area contributed by atoms with E-state index in [0.29, 0.717) is 5.75 Å². The smallest absolute Gasteiger partial charge is 0.433 e. The minimum atomic E-state index is -4.69. The Morgan fingerprint density at radius 1 is 1.18 bits per heavy atom. The van der Waals surface area contributed by atoms with Crippen molar-refractivity contribution in [3.63, 3.8) is 0 Å². The topological polar surface area (TPSA) is 111 Å². The summed E-state index contributed by atoms with van der Waals surface area (Å²) in [5.74, 6) is -0.274. The molecule has 0 aliphatic rings. The van der Waals surface area contributed by atoms with Crippen LogP contribution in [-0.4, -0.2) is 44.5 Å². The number of alkyl halides is 3. The zero-order valence-electron chi connectivity index (χ0n) is 18.2. The number of nitrogen functional groups attached to an aromatic ring is 1. The lowest BCUT2D eigenvalue weighted by molar-refractivity contribution is -0.141. The molecular weight excluding hydrogens is 451 g/mol. The molecule has 0 fully saturated rings. The van der Waals surface area contributed by atoms with Gasteiger partial charge in [-0.1, -0.05) is 12.1 Å². The molecule has 1 amide bonds. The summed E-state index contributed by atoms with van der Waals surface area (Å²) in [6.45, 7) is 0.766. The van der Waals surface area contributed by atoms with E-state index in [9.17, 15) is 18.0 Å². The van der Waals surface area contributed by atoms with E-state index in [4.69, 9.17) is 10.5 Å². The first-order chi connectivity index (χ1) is 16.1. The number of benzene rings is 1. The third-order valence-electron chi connectivity index (χ3n) is 4.71. The van der Waals surface area contributed by atoms with Gasteiger partial charge in [-0.2, -0.15) is 13.2 Å². The van der Waals surface area contributed by atoms with Gasteiger partial charge < -0.3 is 20.7 Å². The highest BCUT2D eigenvalue weighted by Gasteiger charge is 2.34. The van der Waals surface area contributed by atoms with Gasteiger partial charge in [0.2, 0.25) is 0 Å². The molecule has 0 saturated carbocycles. The molecule has 0 spiro atoms. The third-order valence-corrected chi connectivity index (χ3v) is 4.71. The number of rotatable bonds is 6. The van der Waals surface area contributed by atoms with Crippen molar-refractivity contribution in [1.29, 1.82) is 0 Å². The average Bonchev–Trinajstić information content (AvgIpc) is 3.10. The summed E-state index contributed by atoms with van der Waals surface area (Å²) in [4.78, 5) is 22.5. The van der Waals surface area contributed by atoms with Gasteiger partial charge in [0.1, 0.15) is 22.7 Å². The van der Waals surface area contributed by atoms with Crippen LogP contribution in [0.1, 0.15) is 21.6 Å². The second kappa shape index (κ2) is 8.98. The summed E-state index contributed by atoms with van der Waals surface area (Å²) in [6, 6.07) is 9.70. The maximum atomic E-state index is 13.1. The van der Waals surface area contributed by atoms with Crippen LogP contribution < -0.4 is 15.8 Å². The van der Waals surface area contributed by atoms with E-state index in [2.05, 4.69) is 20.4 Å². The standard InChI is InChI=1S/C22H20F3N7O2/c1-31(2)12-13-3-5-14(6-4-13)34-16-7-9-27-11-15(16)28-21(33)18-19(26)30-32-10-8-17(22(23,24)25)29-20(18)32/h3-11H,12H2,1-2H3,(H2,26,30)(H,28,33). The number of nitrogens with zero attached hydrogens (tertiary/aromatic N) is 5. The molecular formula is C22H20F3N7O2. The van der Waals surface area contributed by atoms with E-state index in [-0.39, 0.29) is 28.5 Å². The van der Waals surface area contributed by atoms with Gasteiger partial charge in [0.25, 0.3) is 5.91 Å². The molecule has 3 N–H and O–H groups in total. The number of hydrogen-bond acceptors (Lipinski definition) is 7. The van der Waals surface area contributed by atoms with E-state index in [1.807, 2.05) is 31.1 Å². The molecule has 0 radical (unpaired) electrons. The first-order valence-electron chi connectivity index (χ1n) is 10.0. The molecule has 4 rings (SSSR count). The SMILES string of the molecule is CN(C)Cc1ccc(Oc2ccncc2NC(=O)c2c(N)nn3ccc(C(F)(F)F)nc23)cc1. The van der Waals surface area contributed by atoms with Crippen molar-refractivity contribution in [3.8, 4) is 11.5 Å². The molecule has 0 atom stereocenters. The molecule has 3 heterocycles. The largest absolute Gasteiger partial charge is 0.455 e. The van der Waals surface area contributed by atoms with E-state index < -0.39 is 17.8 Å². The Balaban J connectivity index is 1.60. The molecule has 0 bridgehead atoms. The quantitative estimate of drug-likeness (QED) is 0.440. The molecule has 34 heavy (non-hydrogen) atoms. The molecule has 0 unspecified atom stereocenters. The van der Waals surface area contributed by atoms with Crippen LogP contribution in [0.25, 0.3) is 5.65 Å². The van der Waals surface area contributed by atoms with Gasteiger partial charge in [-0.15, -0.1) is 5.10 Å². The maximum absolute atomic E-state index is 13.1. The highest BCUT2D eigenvalue weighted by molar-refractivity contribution is 6.12. The van der Waals surface area contributed by atoms with Crippen LogP contribution in [0.5, 0.6) is 11.5 Å². The number of halogens is 3. The monoisotopic (exact) mass is 471 g/mol. The Hall–Kier alpha value is -4.19. The van der Waals surface area contributed by atoms with Gasteiger partial charge in [0.05, 0.1) is 6.20 Å². The van der Waals surface area contributed by atoms with Crippen molar-refractivity contribution < 1.29 is 22.7 Å². The number of nitrogens with two attached hydrogens (primary N) is 1. The molecule has 4 aromatic rings. The Bertz CT molecular complexity index is 1330. The van der Waals surface area contributed by atoms with Gasteiger partial charge in [0, 0.05) is 25.0 Å². The van der Waals surface area contributed by atoms with Crippen molar-refractivity contribution in [3.05, 3.63) is 71.8 Å². The molecule has 0 aliphatic carbocycles. The summed E-state index contributed by atoms with van der Waals surface area (Å²) in [5.41, 5.74) is 5.30. The summed E-state index contributed by atoms with van der Waals surface area (Å²) in [7, 11) is 3.93. The van der Waals surface area contributed by atoms with E-state index in [1.165, 1.54) is 12.4 Å². The van der Waals surface area contributed by atoms with Crippen molar-refractivity contribution in [1.82, 2.24) is 24.5 Å². The zero-order chi connectivity index (χ0) is 24.5. The summed E-state index contributed by atoms with van der Waals surface area (Å²) >= 11 is 0. The first kappa shape index (κ1) is 23.0. The Morgan fingerprint density at radius 2 is 1.91 bits per heavy atom. The van der Waals surface area contributed by atoms with Crippen molar-refractivity contribution in [2.24, 2.45) is 0 Å². The molecule has 12 heteroatoms. The van der Waals surface area contributed by atoms with Crippen LogP contribution in [0.2, 0.25) is 0 Å². The van der Waals surface area contributed by atoms with Crippen LogP contribution in [0.15, 0.2) is 55.0 Å². The lowest BCUT2D eigenvalue weighted by atomic mass is 10.2. The van der Waals surface area contributed by atoms with Crippen molar-refractivity contribution in [2.45, 2.75) is 12.7 Å². The van der Waals surface area contributed by atoms with Gasteiger partial charge in [-0.05, 0) is 37.9 Å². The number of carbonyl (C=O) groups is 1. The predicted octanol–water partition coefficient (Wildman–Crippen LogP) is 3.83. The van der Waals surface area contributed by atoms with Gasteiger partial charge in [-0.3, -0.25) is 9.78 Å². The maximum Gasteiger partial charge on any atom is 0.433 e. The third kappa shape index (κ3) is 4.91. The van der Waals surface area contributed by atoms with Crippen LogP contribution in [0, 0.1) is 0 Å². The Labute approximate surface area is 192 Å². The molecule has 3 aromatic heterocycles. The number of carbonyl (C=O) groups excluding carboxylic acids is 1. The normalized spacial score (nSPS) is 11.7. The lowest BCUT2D eigenvalue weighted by Crippen LogP contribution is -2.15. The fraction of sp³-hybridized carbons (Fsp3) is 0.182. The summed E-state index contributed by atoms with van der Waals surface area (Å²) in [6.07, 6.45) is -0.825. The van der Waals surface area contributed by atoms with E-state index in [0.717, 1.165) is 28.9 Å². The van der Waals surface area contributed by atoms with Crippen LogP contribution >= 0.6 is 0 Å². The number of anilines is 2. The van der Waals surface area contributed by atoms with Gasteiger partial charge >= 0.3 is 6.18 Å². The molecule has 176 valence electrons. The highest BCUT2D eigenvalue weighted by Crippen LogP contribution is 2.31. The second-order valence-corrected chi connectivity index (χ2v) is 7.65. The minimum Gasteiger partial charge on any atom is -0.455 e. The zero-order valence-corrected chi connectivity index (χ0v) is 18.2. The van der Waals surface area contributed by atoms with E-state index >= 15 is 0 Å². The number of fused-ring (bicyclic) bond motifs is 1. The van der Waals surface area contributed by atoms with Crippen molar-refractivity contribution >= 4 is 23.1 Å². The number of aromatic nitrogens is 4. The molecule has 0 aliphatic heterocycles. The Kier molecular flexibility index (Phi) is 6.07. The lowest BCUT2D eigenvalue weighted by Gasteiger charge is -2.13. The summed E-state index contributed by atoms with van der Waals surface area (Å²) in [5, 5.41) is 6.45. The number of ether oxygens (including phenoxy) is 1. The Morgan fingerprint density at radius 3 is 2.59 bits per heavy atom. The van der Waals surface area contributed by atoms with Crippen molar-refractivity contribution in [2.75, 3.05) is 25.1 Å². The van der Waals surface area contributed by atoms with Crippen LogP contribution in [-0.2, 0) is 12.7 Å². The van der Waals surface area contributed by atoms with Gasteiger partial charge in [0.15, 0.2) is 17.2 Å². The fourth-order valence-corrected chi connectivity index (χ4v) is 3.23.